The van der Waals surface area contributed by atoms with Crippen molar-refractivity contribution in [2.45, 2.75) is 44.0 Å². The molecule has 1 aliphatic rings. The van der Waals surface area contributed by atoms with Crippen LogP contribution in [0.25, 0.3) is 22.3 Å². The van der Waals surface area contributed by atoms with Gasteiger partial charge in [-0.15, -0.1) is 0 Å². The number of fused-ring (bicyclic) bond motifs is 1. The zero-order valence-corrected chi connectivity index (χ0v) is 26.4. The Hall–Kier alpha value is -5.90. The van der Waals surface area contributed by atoms with Crippen LogP contribution in [0.4, 0.5) is 45.3 Å². The Bertz CT molecular complexity index is 1930. The number of nitrogens with zero attached hydrogens (tertiary/aromatic N) is 8. The first kappa shape index (κ1) is 40.5. The molecule has 0 amide bonds. The lowest BCUT2D eigenvalue weighted by molar-refractivity contribution is -0.193. The average molecular weight is 746 g/mol. The summed E-state index contributed by atoms with van der Waals surface area (Å²) in [6.45, 7) is 1.81. The number of hydrogen-bond acceptors (Lipinski definition) is 11. The Balaban J connectivity index is 0.000000337. The molecule has 5 rings (SSSR count). The SMILES string of the molecule is COCc1ccnc(N2CC[C@H]([C@H](CC#N)n3cc(-c4ncnc5[nH]ccc45)cn3)C2)c1C#N.O=C(C(=O)C(F)(F)F)C(F)(F)F.O=CC(F)(F)F. The van der Waals surface area contributed by atoms with E-state index in [1.807, 2.05) is 29.2 Å². The number of nitrogens with one attached hydrogen (secondary N) is 1. The van der Waals surface area contributed by atoms with Gasteiger partial charge in [0.25, 0.3) is 0 Å². The third kappa shape index (κ3) is 10.3. The molecular weight excluding hydrogens is 721 g/mol. The molecule has 0 spiro atoms. The van der Waals surface area contributed by atoms with Gasteiger partial charge in [0.05, 0.1) is 37.0 Å². The standard InChI is InChI=1S/C24H23N9O.C4F6O2.C2HF3O/c1-34-14-17-3-7-28-24(20(17)10-26)32-9-5-16(12-32)21(2-6-25)33-13-18(11-31-33)22-19-4-8-27-23(19)30-15-29-22;5-3(6,7)1(11)2(12)4(8,9)10;3-2(4,5)1-6/h3-4,7-8,11,13,15-16,21H,2,5,9,12,14H2,1H3,(H,27,29,30);;1H/t16-,21-;;/m0../s1. The Morgan fingerprint density at radius 3 is 2.27 bits per heavy atom. The number of halogens is 9. The van der Waals surface area contributed by atoms with Crippen molar-refractivity contribution >= 4 is 34.7 Å². The summed E-state index contributed by atoms with van der Waals surface area (Å²) in [6.07, 6.45) is -7.20. The van der Waals surface area contributed by atoms with Gasteiger partial charge in [0.2, 0.25) is 6.29 Å². The van der Waals surface area contributed by atoms with Crippen molar-refractivity contribution in [3.63, 3.8) is 0 Å². The summed E-state index contributed by atoms with van der Waals surface area (Å²) in [6, 6.07) is 8.28. The molecule has 276 valence electrons. The van der Waals surface area contributed by atoms with Crippen molar-refractivity contribution in [1.29, 1.82) is 10.5 Å². The van der Waals surface area contributed by atoms with Crippen molar-refractivity contribution in [2.75, 3.05) is 25.1 Å². The number of ether oxygens (including phenoxy) is 1. The lowest BCUT2D eigenvalue weighted by atomic mass is 9.96. The smallest absolute Gasteiger partial charge is 0.380 e. The van der Waals surface area contributed by atoms with Crippen LogP contribution >= 0.6 is 0 Å². The van der Waals surface area contributed by atoms with Gasteiger partial charge in [-0.05, 0) is 18.6 Å². The number of anilines is 1. The van der Waals surface area contributed by atoms with Crippen LogP contribution in [0.2, 0.25) is 0 Å². The molecule has 13 nitrogen and oxygen atoms in total. The lowest BCUT2D eigenvalue weighted by Gasteiger charge is -2.23. The van der Waals surface area contributed by atoms with Gasteiger partial charge in [0.15, 0.2) is 0 Å². The van der Waals surface area contributed by atoms with Gasteiger partial charge in [-0.25, -0.2) is 15.0 Å². The van der Waals surface area contributed by atoms with Gasteiger partial charge in [-0.3, -0.25) is 19.1 Å². The monoisotopic (exact) mass is 745 g/mol. The van der Waals surface area contributed by atoms with Gasteiger partial charge in [-0.1, -0.05) is 0 Å². The van der Waals surface area contributed by atoms with Crippen LogP contribution in [0.5, 0.6) is 0 Å². The maximum atomic E-state index is 11.2. The van der Waals surface area contributed by atoms with E-state index in [0.717, 1.165) is 40.8 Å². The van der Waals surface area contributed by atoms with E-state index >= 15 is 0 Å². The predicted octanol–water partition coefficient (Wildman–Crippen LogP) is 5.21. The molecule has 1 saturated heterocycles. The van der Waals surface area contributed by atoms with Crippen LogP contribution in [0.15, 0.2) is 43.2 Å². The van der Waals surface area contributed by atoms with Gasteiger partial charge >= 0.3 is 30.1 Å². The number of methoxy groups -OCH3 is 1. The number of H-pyrrole nitrogens is 1. The zero-order valence-electron chi connectivity index (χ0n) is 26.4. The molecule has 1 fully saturated rings. The molecule has 1 aliphatic heterocycles. The molecule has 4 aromatic heterocycles. The van der Waals surface area contributed by atoms with Crippen LogP contribution in [-0.2, 0) is 25.7 Å². The van der Waals surface area contributed by atoms with Crippen LogP contribution < -0.4 is 4.90 Å². The molecular formula is C30H24F9N9O4. The first-order valence-electron chi connectivity index (χ1n) is 14.4. The minimum absolute atomic E-state index is 0.0972. The summed E-state index contributed by atoms with van der Waals surface area (Å²) in [5.41, 5.74) is 3.82. The van der Waals surface area contributed by atoms with Crippen molar-refractivity contribution in [3.8, 4) is 23.4 Å². The molecule has 1 N–H and O–H groups in total. The van der Waals surface area contributed by atoms with Crippen molar-refractivity contribution in [1.82, 2.24) is 29.7 Å². The van der Waals surface area contributed by atoms with E-state index in [2.05, 4.69) is 42.1 Å². The quantitative estimate of drug-likeness (QED) is 0.142. The highest BCUT2D eigenvalue weighted by molar-refractivity contribution is 6.41. The second-order valence-electron chi connectivity index (χ2n) is 10.6. The van der Waals surface area contributed by atoms with Crippen molar-refractivity contribution in [3.05, 3.63) is 54.4 Å². The lowest BCUT2D eigenvalue weighted by Crippen LogP contribution is -2.39. The maximum Gasteiger partial charge on any atom is 0.458 e. The number of aromatic nitrogens is 6. The highest BCUT2D eigenvalue weighted by Gasteiger charge is 2.54. The van der Waals surface area contributed by atoms with Crippen LogP contribution in [0.1, 0.15) is 30.0 Å². The molecule has 0 bridgehead atoms. The van der Waals surface area contributed by atoms with Crippen LogP contribution in [-0.4, -0.2) is 86.3 Å². The summed E-state index contributed by atoms with van der Waals surface area (Å²) < 4.78 is 105. The minimum Gasteiger partial charge on any atom is -0.380 e. The second kappa shape index (κ2) is 16.9. The number of carbonyl (C=O) groups excluding carboxylic acids is 3. The maximum absolute atomic E-state index is 11.2. The fourth-order valence-electron chi connectivity index (χ4n) is 4.99. The van der Waals surface area contributed by atoms with E-state index < -0.39 is 36.4 Å². The number of carbonyl (C=O) groups is 3. The highest BCUT2D eigenvalue weighted by Crippen LogP contribution is 2.35. The molecule has 0 aliphatic carbocycles. The number of nitriles is 2. The van der Waals surface area contributed by atoms with E-state index in [0.29, 0.717) is 31.0 Å². The van der Waals surface area contributed by atoms with Gasteiger partial charge < -0.3 is 14.6 Å². The Morgan fingerprint density at radius 2 is 1.71 bits per heavy atom. The fraction of sp³-hybridized carbons (Fsp3) is 0.367. The van der Waals surface area contributed by atoms with Gasteiger partial charge in [0.1, 0.15) is 29.4 Å². The molecule has 5 heterocycles. The van der Waals surface area contributed by atoms with E-state index in [-0.39, 0.29) is 12.0 Å². The molecule has 0 aromatic carbocycles. The summed E-state index contributed by atoms with van der Waals surface area (Å²) in [7, 11) is 1.61. The Labute approximate surface area is 286 Å². The summed E-state index contributed by atoms with van der Waals surface area (Å²) in [4.78, 5) is 46.4. The molecule has 0 unspecified atom stereocenters. The number of aromatic amines is 1. The van der Waals surface area contributed by atoms with E-state index in [4.69, 9.17) is 9.53 Å². The van der Waals surface area contributed by atoms with Gasteiger partial charge in [-0.2, -0.15) is 55.1 Å². The topological polar surface area (TPSA) is 184 Å². The largest absolute Gasteiger partial charge is 0.458 e. The molecule has 2 atom stereocenters. The number of Topliss-reactive ketones (excluding diaryl/α,β-unsaturated/α-hetero) is 2. The second-order valence-corrected chi connectivity index (χ2v) is 10.6. The zero-order chi connectivity index (χ0) is 38.9. The van der Waals surface area contributed by atoms with E-state index in [9.17, 15) is 59.6 Å². The first-order chi connectivity index (χ1) is 24.4. The minimum atomic E-state index is -5.77. The molecule has 0 saturated carbocycles. The molecule has 52 heavy (non-hydrogen) atoms. The van der Waals surface area contributed by atoms with E-state index in [1.54, 1.807) is 19.5 Å². The van der Waals surface area contributed by atoms with Crippen LogP contribution in [0.3, 0.4) is 0 Å². The van der Waals surface area contributed by atoms with Crippen LogP contribution in [0, 0.1) is 28.6 Å². The fourth-order valence-corrected chi connectivity index (χ4v) is 4.99. The van der Waals surface area contributed by atoms with E-state index in [1.165, 1.54) is 6.33 Å². The normalized spacial score (nSPS) is 15.0. The third-order valence-corrected chi connectivity index (χ3v) is 7.22. The highest BCUT2D eigenvalue weighted by atomic mass is 19.4. The average Bonchev–Trinajstić information content (AvgIpc) is 3.87. The first-order valence-corrected chi connectivity index (χ1v) is 14.4. The Kier molecular flexibility index (Phi) is 13.2. The number of rotatable bonds is 8. The number of alkyl halides is 9. The molecule has 0 radical (unpaired) electrons. The predicted molar refractivity (Wildman–Crippen MR) is 159 cm³/mol. The summed E-state index contributed by atoms with van der Waals surface area (Å²) in [5.74, 6) is -5.96. The van der Waals surface area contributed by atoms with Crippen molar-refractivity contribution in [2.24, 2.45) is 5.92 Å². The summed E-state index contributed by atoms with van der Waals surface area (Å²) in [5, 5.41) is 24.8. The van der Waals surface area contributed by atoms with Gasteiger partial charge in [0, 0.05) is 61.2 Å². The molecule has 4 aromatic rings. The third-order valence-electron chi connectivity index (χ3n) is 7.22. The number of pyridine rings is 1. The number of hydrogen-bond donors (Lipinski definition) is 1. The summed E-state index contributed by atoms with van der Waals surface area (Å²) >= 11 is 0. The van der Waals surface area contributed by atoms with Crippen molar-refractivity contribution < 1.29 is 58.6 Å². The molecule has 22 heteroatoms. The Morgan fingerprint density at radius 1 is 1.06 bits per heavy atom. The number of ketones is 2. The number of aldehydes is 1.